The molecule has 0 aliphatic carbocycles. The van der Waals surface area contributed by atoms with Crippen LogP contribution in [0.5, 0.6) is 5.75 Å². The molecule has 1 aliphatic heterocycles. The summed E-state index contributed by atoms with van der Waals surface area (Å²) in [4.78, 5) is 50.6. The Balaban J connectivity index is 2.14. The highest BCUT2D eigenvalue weighted by molar-refractivity contribution is 6.09. The Kier molecular flexibility index (Phi) is 5.49. The molecule has 1 atom stereocenters. The monoisotopic (exact) mass is 362 g/mol. The van der Waals surface area contributed by atoms with Gasteiger partial charge in [0.15, 0.2) is 0 Å². The molecule has 0 unspecified atom stereocenters. The zero-order valence-electron chi connectivity index (χ0n) is 15.2. The van der Waals surface area contributed by atoms with E-state index in [1.807, 2.05) is 0 Å². The first-order chi connectivity index (χ1) is 12.2. The Morgan fingerprint density at radius 1 is 1.27 bits per heavy atom. The summed E-state index contributed by atoms with van der Waals surface area (Å²) in [5.74, 6) is -0.774. The smallest absolute Gasteiger partial charge is 0.325 e. The molecule has 140 valence electrons. The molecule has 1 aromatic rings. The molecule has 1 heterocycles. The van der Waals surface area contributed by atoms with Gasteiger partial charge < -0.3 is 20.3 Å². The first-order valence-corrected chi connectivity index (χ1v) is 7.96. The van der Waals surface area contributed by atoms with Gasteiger partial charge in [-0.05, 0) is 24.6 Å². The number of methoxy groups -OCH3 is 1. The Hall–Kier alpha value is -3.10. The lowest BCUT2D eigenvalue weighted by atomic mass is 9.92. The number of ether oxygens (including phenoxy) is 1. The molecule has 0 aromatic heterocycles. The third-order valence-electron chi connectivity index (χ3n) is 4.32. The molecule has 26 heavy (non-hydrogen) atoms. The second-order valence-corrected chi connectivity index (χ2v) is 6.10. The van der Waals surface area contributed by atoms with Gasteiger partial charge in [-0.3, -0.25) is 19.3 Å². The Labute approximate surface area is 151 Å². The van der Waals surface area contributed by atoms with Crippen molar-refractivity contribution in [3.63, 3.8) is 0 Å². The van der Waals surface area contributed by atoms with E-state index in [4.69, 9.17) is 4.74 Å². The van der Waals surface area contributed by atoms with Crippen LogP contribution in [-0.2, 0) is 19.9 Å². The van der Waals surface area contributed by atoms with Gasteiger partial charge in [0.1, 0.15) is 17.8 Å². The number of benzene rings is 1. The molecular weight excluding hydrogens is 340 g/mol. The number of urea groups is 1. The molecule has 1 aromatic carbocycles. The Morgan fingerprint density at radius 3 is 2.42 bits per heavy atom. The van der Waals surface area contributed by atoms with E-state index in [0.29, 0.717) is 11.3 Å². The fraction of sp³-hybridized carbons (Fsp3) is 0.412. The van der Waals surface area contributed by atoms with Gasteiger partial charge in [-0.15, -0.1) is 0 Å². The molecule has 2 rings (SSSR count). The van der Waals surface area contributed by atoms with E-state index in [0.717, 1.165) is 9.80 Å². The molecule has 0 bridgehead atoms. The van der Waals surface area contributed by atoms with Crippen molar-refractivity contribution in [3.05, 3.63) is 29.8 Å². The third-order valence-corrected chi connectivity index (χ3v) is 4.32. The lowest BCUT2D eigenvalue weighted by Crippen LogP contribution is -2.45. The highest BCUT2D eigenvalue weighted by Gasteiger charge is 2.49. The second kappa shape index (κ2) is 7.42. The van der Waals surface area contributed by atoms with Crippen LogP contribution in [0.15, 0.2) is 24.3 Å². The highest BCUT2D eigenvalue weighted by Crippen LogP contribution is 2.29. The number of imide groups is 1. The summed E-state index contributed by atoms with van der Waals surface area (Å²) < 4.78 is 5.09. The van der Waals surface area contributed by atoms with Crippen LogP contribution < -0.4 is 15.4 Å². The topological polar surface area (TPSA) is 108 Å². The van der Waals surface area contributed by atoms with Crippen LogP contribution in [0.25, 0.3) is 0 Å². The maximum Gasteiger partial charge on any atom is 0.325 e. The van der Waals surface area contributed by atoms with Crippen molar-refractivity contribution in [3.8, 4) is 5.75 Å². The quantitative estimate of drug-likeness (QED) is 0.674. The number of likely N-dealkylation sites (N-methyl/N-ethyl adjacent to an activating group) is 2. The van der Waals surface area contributed by atoms with Crippen LogP contribution >= 0.6 is 0 Å². The number of hydrogen-bond acceptors (Lipinski definition) is 5. The minimum atomic E-state index is -1.27. The standard InChI is InChI=1S/C17H22N4O5/c1-17(11-5-7-12(26-4)8-6-11)15(24)21(16(25)19-17)10-14(23)20(3)9-13(22)18-2/h5-8H,9-10H2,1-4H3,(H,18,22)(H,19,25)/t17-/m1/s1. The van der Waals surface area contributed by atoms with Crippen molar-refractivity contribution >= 4 is 23.8 Å². The molecule has 1 aliphatic rings. The molecular formula is C17H22N4O5. The van der Waals surface area contributed by atoms with E-state index in [9.17, 15) is 19.2 Å². The van der Waals surface area contributed by atoms with Crippen LogP contribution in [0.1, 0.15) is 12.5 Å². The number of carbonyl (C=O) groups excluding carboxylic acids is 4. The molecule has 0 saturated carbocycles. The molecule has 0 spiro atoms. The normalized spacial score (nSPS) is 19.2. The SMILES string of the molecule is CNC(=O)CN(C)C(=O)CN1C(=O)N[C@](C)(c2ccc(OC)cc2)C1=O. The summed E-state index contributed by atoms with van der Waals surface area (Å²) in [6.07, 6.45) is 0. The van der Waals surface area contributed by atoms with Gasteiger partial charge in [-0.1, -0.05) is 12.1 Å². The van der Waals surface area contributed by atoms with Crippen molar-refractivity contribution in [2.45, 2.75) is 12.5 Å². The maximum atomic E-state index is 12.8. The molecule has 2 N–H and O–H groups in total. The molecule has 0 radical (unpaired) electrons. The van der Waals surface area contributed by atoms with Gasteiger partial charge in [-0.25, -0.2) is 4.79 Å². The van der Waals surface area contributed by atoms with Gasteiger partial charge in [0, 0.05) is 14.1 Å². The van der Waals surface area contributed by atoms with Crippen molar-refractivity contribution in [1.29, 1.82) is 0 Å². The molecule has 9 nitrogen and oxygen atoms in total. The summed E-state index contributed by atoms with van der Waals surface area (Å²) >= 11 is 0. The zero-order chi connectivity index (χ0) is 19.5. The number of rotatable bonds is 6. The van der Waals surface area contributed by atoms with Crippen molar-refractivity contribution in [1.82, 2.24) is 20.4 Å². The summed E-state index contributed by atoms with van der Waals surface area (Å²) in [7, 11) is 4.42. The summed E-state index contributed by atoms with van der Waals surface area (Å²) in [6.45, 7) is 0.979. The van der Waals surface area contributed by atoms with Gasteiger partial charge in [0.2, 0.25) is 11.8 Å². The van der Waals surface area contributed by atoms with E-state index < -0.39 is 29.9 Å². The molecule has 9 heteroatoms. The Bertz CT molecular complexity index is 733. The van der Waals surface area contributed by atoms with Crippen molar-refractivity contribution < 1.29 is 23.9 Å². The van der Waals surface area contributed by atoms with E-state index in [-0.39, 0.29) is 12.5 Å². The fourth-order valence-electron chi connectivity index (χ4n) is 2.60. The highest BCUT2D eigenvalue weighted by atomic mass is 16.5. The van der Waals surface area contributed by atoms with Crippen molar-refractivity contribution in [2.75, 3.05) is 34.3 Å². The van der Waals surface area contributed by atoms with Crippen LogP contribution in [-0.4, -0.2) is 67.8 Å². The summed E-state index contributed by atoms with van der Waals surface area (Å²) in [6, 6.07) is 6.07. The molecule has 1 saturated heterocycles. The van der Waals surface area contributed by atoms with Gasteiger partial charge >= 0.3 is 6.03 Å². The van der Waals surface area contributed by atoms with Crippen molar-refractivity contribution in [2.24, 2.45) is 0 Å². The predicted molar refractivity (Wildman–Crippen MR) is 92.3 cm³/mol. The third kappa shape index (κ3) is 3.61. The number of nitrogens with one attached hydrogen (secondary N) is 2. The summed E-state index contributed by atoms with van der Waals surface area (Å²) in [5.41, 5.74) is -0.700. The molecule has 1 fully saturated rings. The van der Waals surface area contributed by atoms with E-state index in [1.165, 1.54) is 21.2 Å². The van der Waals surface area contributed by atoms with Crippen LogP contribution in [0.4, 0.5) is 4.79 Å². The minimum Gasteiger partial charge on any atom is -0.497 e. The fourth-order valence-corrected chi connectivity index (χ4v) is 2.60. The lowest BCUT2D eigenvalue weighted by Gasteiger charge is -2.23. The lowest BCUT2D eigenvalue weighted by molar-refractivity contribution is -0.139. The van der Waals surface area contributed by atoms with Crippen LogP contribution in [0.3, 0.4) is 0 Å². The largest absolute Gasteiger partial charge is 0.497 e. The number of hydrogen-bond donors (Lipinski definition) is 2. The van der Waals surface area contributed by atoms with Gasteiger partial charge in [0.25, 0.3) is 5.91 Å². The number of amides is 5. The zero-order valence-corrected chi connectivity index (χ0v) is 15.2. The first-order valence-electron chi connectivity index (χ1n) is 7.96. The molecule has 5 amide bonds. The van der Waals surface area contributed by atoms with Crippen LogP contribution in [0.2, 0.25) is 0 Å². The van der Waals surface area contributed by atoms with E-state index in [1.54, 1.807) is 31.2 Å². The number of nitrogens with zero attached hydrogens (tertiary/aromatic N) is 2. The first kappa shape index (κ1) is 19.2. The number of carbonyl (C=O) groups is 4. The average Bonchev–Trinajstić information content (AvgIpc) is 2.85. The predicted octanol–water partition coefficient (Wildman–Crippen LogP) is -0.333. The van der Waals surface area contributed by atoms with E-state index in [2.05, 4.69) is 10.6 Å². The second-order valence-electron chi connectivity index (χ2n) is 6.10. The van der Waals surface area contributed by atoms with Crippen LogP contribution in [0, 0.1) is 0 Å². The average molecular weight is 362 g/mol. The van der Waals surface area contributed by atoms with E-state index >= 15 is 0 Å². The van der Waals surface area contributed by atoms with Gasteiger partial charge in [-0.2, -0.15) is 0 Å². The minimum absolute atomic E-state index is 0.158. The summed E-state index contributed by atoms with van der Waals surface area (Å²) in [5, 5.41) is 5.03. The van der Waals surface area contributed by atoms with Gasteiger partial charge in [0.05, 0.1) is 13.7 Å². The maximum absolute atomic E-state index is 12.8. The Morgan fingerprint density at radius 2 is 1.88 bits per heavy atom.